The Balaban J connectivity index is 1.90. The van der Waals surface area contributed by atoms with E-state index in [9.17, 15) is 4.39 Å². The molecule has 2 rings (SSSR count). The molecule has 0 bridgehead atoms. The Labute approximate surface area is 125 Å². The van der Waals surface area contributed by atoms with Crippen molar-refractivity contribution in [1.29, 1.82) is 0 Å². The van der Waals surface area contributed by atoms with Gasteiger partial charge < -0.3 is 10.1 Å². The van der Waals surface area contributed by atoms with E-state index in [1.807, 2.05) is 24.3 Å². The Kier molecular flexibility index (Phi) is 5.69. The van der Waals surface area contributed by atoms with Crippen LogP contribution in [-0.4, -0.2) is 17.6 Å². The van der Waals surface area contributed by atoms with Gasteiger partial charge in [-0.05, 0) is 29.8 Å². The second-order valence-corrected chi connectivity index (χ2v) is 5.25. The van der Waals surface area contributed by atoms with Gasteiger partial charge in [0.1, 0.15) is 11.6 Å². The Bertz CT molecular complexity index is 558. The summed E-state index contributed by atoms with van der Waals surface area (Å²) in [5.74, 6) is 0.289. The van der Waals surface area contributed by atoms with Gasteiger partial charge in [-0.25, -0.2) is 4.39 Å². The average Bonchev–Trinajstić information content (AvgIpc) is 2.46. The second-order valence-electron chi connectivity index (χ2n) is 5.25. The van der Waals surface area contributed by atoms with Crippen molar-refractivity contribution in [1.82, 2.24) is 10.3 Å². The first kappa shape index (κ1) is 15.4. The van der Waals surface area contributed by atoms with Crippen LogP contribution in [0.4, 0.5) is 4.39 Å². The van der Waals surface area contributed by atoms with E-state index >= 15 is 0 Å². The van der Waals surface area contributed by atoms with E-state index in [0.29, 0.717) is 31.4 Å². The number of benzene rings is 1. The quantitative estimate of drug-likeness (QED) is 0.848. The lowest BCUT2D eigenvalue weighted by Gasteiger charge is -2.11. The van der Waals surface area contributed by atoms with E-state index in [4.69, 9.17) is 4.74 Å². The average molecular weight is 288 g/mol. The zero-order chi connectivity index (χ0) is 15.1. The Morgan fingerprint density at radius 2 is 2.10 bits per heavy atom. The maximum atomic E-state index is 13.6. The summed E-state index contributed by atoms with van der Waals surface area (Å²) in [5, 5.41) is 3.27. The standard InChI is InChI=1S/C17H21FN2O/c1-13(2)20-12-14-9-15(18)11-17(10-14)21-8-6-16-5-3-4-7-19-16/h3-5,7,9-11,13,20H,6,8,12H2,1-2H3. The van der Waals surface area contributed by atoms with E-state index in [1.165, 1.54) is 12.1 Å². The molecule has 2 aromatic rings. The zero-order valence-corrected chi connectivity index (χ0v) is 12.5. The monoisotopic (exact) mass is 288 g/mol. The molecule has 112 valence electrons. The third-order valence-electron chi connectivity index (χ3n) is 3.00. The molecule has 0 unspecified atom stereocenters. The minimum Gasteiger partial charge on any atom is -0.493 e. The largest absolute Gasteiger partial charge is 0.493 e. The van der Waals surface area contributed by atoms with Crippen LogP contribution in [0.25, 0.3) is 0 Å². The van der Waals surface area contributed by atoms with Gasteiger partial charge in [0.05, 0.1) is 6.61 Å². The van der Waals surface area contributed by atoms with Gasteiger partial charge in [-0.15, -0.1) is 0 Å². The highest BCUT2D eigenvalue weighted by Crippen LogP contribution is 2.17. The minimum absolute atomic E-state index is 0.272. The van der Waals surface area contributed by atoms with Crippen molar-refractivity contribution >= 4 is 0 Å². The van der Waals surface area contributed by atoms with Gasteiger partial charge >= 0.3 is 0 Å². The number of pyridine rings is 1. The predicted octanol–water partition coefficient (Wildman–Crippen LogP) is 3.34. The summed E-state index contributed by atoms with van der Waals surface area (Å²) in [4.78, 5) is 4.23. The number of nitrogens with one attached hydrogen (secondary N) is 1. The van der Waals surface area contributed by atoms with Crippen LogP contribution < -0.4 is 10.1 Å². The molecule has 3 nitrogen and oxygen atoms in total. The Morgan fingerprint density at radius 1 is 1.24 bits per heavy atom. The fraction of sp³-hybridized carbons (Fsp3) is 0.353. The maximum absolute atomic E-state index is 13.6. The van der Waals surface area contributed by atoms with Gasteiger partial charge in [0.25, 0.3) is 0 Å². The van der Waals surface area contributed by atoms with Crippen LogP contribution in [-0.2, 0) is 13.0 Å². The third kappa shape index (κ3) is 5.52. The Hall–Kier alpha value is -1.94. The molecule has 0 aliphatic carbocycles. The molecule has 0 spiro atoms. The normalized spacial score (nSPS) is 10.9. The summed E-state index contributed by atoms with van der Waals surface area (Å²) < 4.78 is 19.2. The molecule has 1 aromatic carbocycles. The van der Waals surface area contributed by atoms with Crippen LogP contribution in [0.3, 0.4) is 0 Å². The number of nitrogens with zero attached hydrogens (tertiary/aromatic N) is 1. The molecule has 0 saturated carbocycles. The van der Waals surface area contributed by atoms with Crippen molar-refractivity contribution in [3.8, 4) is 5.75 Å². The van der Waals surface area contributed by atoms with Crippen LogP contribution in [0.15, 0.2) is 42.6 Å². The van der Waals surface area contributed by atoms with Crippen LogP contribution in [0.2, 0.25) is 0 Å². The highest BCUT2D eigenvalue weighted by Gasteiger charge is 2.03. The molecular formula is C17H21FN2O. The fourth-order valence-corrected chi connectivity index (χ4v) is 1.95. The van der Waals surface area contributed by atoms with E-state index in [-0.39, 0.29) is 5.82 Å². The Morgan fingerprint density at radius 3 is 2.81 bits per heavy atom. The summed E-state index contributed by atoms with van der Waals surface area (Å²) >= 11 is 0. The fourth-order valence-electron chi connectivity index (χ4n) is 1.95. The first-order chi connectivity index (χ1) is 10.1. The van der Waals surface area contributed by atoms with Crippen molar-refractivity contribution in [2.24, 2.45) is 0 Å². The molecule has 0 fully saturated rings. The van der Waals surface area contributed by atoms with Crippen LogP contribution in [0.5, 0.6) is 5.75 Å². The summed E-state index contributed by atoms with van der Waals surface area (Å²) in [7, 11) is 0. The minimum atomic E-state index is -0.272. The highest BCUT2D eigenvalue weighted by atomic mass is 19.1. The summed E-state index contributed by atoms with van der Waals surface area (Å²) in [6.45, 7) is 5.23. The molecular weight excluding hydrogens is 267 g/mol. The van der Waals surface area contributed by atoms with Gasteiger partial charge in [-0.3, -0.25) is 4.98 Å². The lowest BCUT2D eigenvalue weighted by Crippen LogP contribution is -2.21. The second kappa shape index (κ2) is 7.74. The van der Waals surface area contributed by atoms with Gasteiger partial charge in [-0.1, -0.05) is 19.9 Å². The summed E-state index contributed by atoms with van der Waals surface area (Å²) in [5.41, 5.74) is 1.85. The van der Waals surface area contributed by atoms with Gasteiger partial charge in [0, 0.05) is 37.0 Å². The molecule has 0 radical (unpaired) electrons. The van der Waals surface area contributed by atoms with E-state index in [1.54, 1.807) is 6.20 Å². The number of ether oxygens (including phenoxy) is 1. The maximum Gasteiger partial charge on any atom is 0.127 e. The molecule has 0 saturated heterocycles. The first-order valence-electron chi connectivity index (χ1n) is 7.19. The molecule has 0 aliphatic heterocycles. The lowest BCUT2D eigenvalue weighted by atomic mass is 10.2. The van der Waals surface area contributed by atoms with Crippen molar-refractivity contribution in [2.45, 2.75) is 32.9 Å². The van der Waals surface area contributed by atoms with Crippen molar-refractivity contribution in [3.63, 3.8) is 0 Å². The molecule has 0 atom stereocenters. The summed E-state index contributed by atoms with van der Waals surface area (Å²) in [6, 6.07) is 11.0. The molecule has 1 heterocycles. The van der Waals surface area contributed by atoms with Crippen molar-refractivity contribution < 1.29 is 9.13 Å². The highest BCUT2D eigenvalue weighted by molar-refractivity contribution is 5.29. The SMILES string of the molecule is CC(C)NCc1cc(F)cc(OCCc2ccccn2)c1. The number of rotatable bonds is 7. The number of hydrogen-bond donors (Lipinski definition) is 1. The van der Waals surface area contributed by atoms with E-state index in [2.05, 4.69) is 24.1 Å². The number of aromatic nitrogens is 1. The first-order valence-corrected chi connectivity index (χ1v) is 7.19. The van der Waals surface area contributed by atoms with Gasteiger partial charge in [0.2, 0.25) is 0 Å². The van der Waals surface area contributed by atoms with Crippen LogP contribution in [0, 0.1) is 5.82 Å². The molecule has 1 aromatic heterocycles. The third-order valence-corrected chi connectivity index (χ3v) is 3.00. The van der Waals surface area contributed by atoms with Crippen molar-refractivity contribution in [2.75, 3.05) is 6.61 Å². The number of halogens is 1. The van der Waals surface area contributed by atoms with Gasteiger partial charge in [0.15, 0.2) is 0 Å². The lowest BCUT2D eigenvalue weighted by molar-refractivity contribution is 0.318. The molecule has 4 heteroatoms. The topological polar surface area (TPSA) is 34.1 Å². The van der Waals surface area contributed by atoms with Crippen LogP contribution in [0.1, 0.15) is 25.1 Å². The number of hydrogen-bond acceptors (Lipinski definition) is 3. The van der Waals surface area contributed by atoms with Crippen LogP contribution >= 0.6 is 0 Å². The van der Waals surface area contributed by atoms with E-state index < -0.39 is 0 Å². The van der Waals surface area contributed by atoms with Crippen molar-refractivity contribution in [3.05, 3.63) is 59.7 Å². The smallest absolute Gasteiger partial charge is 0.127 e. The molecule has 1 N–H and O–H groups in total. The molecule has 21 heavy (non-hydrogen) atoms. The summed E-state index contributed by atoms with van der Waals surface area (Å²) in [6.07, 6.45) is 2.46. The molecule has 0 aliphatic rings. The predicted molar refractivity (Wildman–Crippen MR) is 81.8 cm³/mol. The molecule has 0 amide bonds. The zero-order valence-electron chi connectivity index (χ0n) is 12.5. The van der Waals surface area contributed by atoms with E-state index in [0.717, 1.165) is 11.3 Å². The van der Waals surface area contributed by atoms with Gasteiger partial charge in [-0.2, -0.15) is 0 Å².